The summed E-state index contributed by atoms with van der Waals surface area (Å²) < 4.78 is 15.9. The molecule has 0 aliphatic heterocycles. The molecule has 0 saturated heterocycles. The van der Waals surface area contributed by atoms with Crippen LogP contribution in [0.2, 0.25) is 0 Å². The minimum Gasteiger partial charge on any atom is -0.496 e. The van der Waals surface area contributed by atoms with Gasteiger partial charge in [0.15, 0.2) is 10.8 Å². The number of aromatic nitrogens is 1. The predicted octanol–water partition coefficient (Wildman–Crippen LogP) is 3.66. The van der Waals surface area contributed by atoms with Gasteiger partial charge in [-0.25, -0.2) is 4.98 Å². The maximum atomic E-state index is 12.6. The summed E-state index contributed by atoms with van der Waals surface area (Å²) in [5.74, 6) is 1.39. The Balaban J connectivity index is 1.77. The molecule has 1 aromatic carbocycles. The summed E-state index contributed by atoms with van der Waals surface area (Å²) in [7, 11) is 3.04. The Labute approximate surface area is 149 Å². The lowest BCUT2D eigenvalue weighted by Gasteiger charge is -2.12. The quantitative estimate of drug-likeness (QED) is 0.728. The van der Waals surface area contributed by atoms with Crippen LogP contribution in [0.5, 0.6) is 11.5 Å². The zero-order chi connectivity index (χ0) is 17.8. The van der Waals surface area contributed by atoms with Gasteiger partial charge in [0.25, 0.3) is 5.91 Å². The fourth-order valence-electron chi connectivity index (χ4n) is 2.42. The molecular weight excluding hydrogens is 340 g/mol. The van der Waals surface area contributed by atoms with Crippen LogP contribution in [0.3, 0.4) is 0 Å². The van der Waals surface area contributed by atoms with E-state index in [2.05, 4.69) is 10.3 Å². The van der Waals surface area contributed by atoms with E-state index in [1.54, 1.807) is 24.5 Å². The average Bonchev–Trinajstić information content (AvgIpc) is 3.28. The molecule has 0 radical (unpaired) electrons. The van der Waals surface area contributed by atoms with Crippen LogP contribution in [-0.2, 0) is 6.54 Å². The highest BCUT2D eigenvalue weighted by atomic mass is 32.1. The highest BCUT2D eigenvalue weighted by molar-refractivity contribution is 7.15. The Kier molecular flexibility index (Phi) is 5.04. The van der Waals surface area contributed by atoms with Gasteiger partial charge in [-0.05, 0) is 31.2 Å². The molecule has 0 unspecified atom stereocenters. The summed E-state index contributed by atoms with van der Waals surface area (Å²) in [6, 6.07) is 8.91. The summed E-state index contributed by atoms with van der Waals surface area (Å²) in [6.07, 6.45) is 1.61. The first-order chi connectivity index (χ1) is 12.1. The molecule has 6 nitrogen and oxygen atoms in total. The number of aryl methyl sites for hydroxylation is 1. The molecule has 1 N–H and O–H groups in total. The van der Waals surface area contributed by atoms with E-state index >= 15 is 0 Å². The lowest BCUT2D eigenvalue weighted by Crippen LogP contribution is -2.24. The zero-order valence-corrected chi connectivity index (χ0v) is 15.0. The highest BCUT2D eigenvalue weighted by Crippen LogP contribution is 2.30. The van der Waals surface area contributed by atoms with Gasteiger partial charge in [0.2, 0.25) is 0 Å². The number of hydrogen-bond donors (Lipinski definition) is 1. The van der Waals surface area contributed by atoms with Gasteiger partial charge in [-0.15, -0.1) is 11.3 Å². The van der Waals surface area contributed by atoms with Crippen LogP contribution in [0.25, 0.3) is 10.8 Å². The van der Waals surface area contributed by atoms with Crippen molar-refractivity contribution in [3.63, 3.8) is 0 Å². The molecule has 130 valence electrons. The largest absolute Gasteiger partial charge is 0.496 e. The third-order valence-electron chi connectivity index (χ3n) is 3.69. The van der Waals surface area contributed by atoms with E-state index in [9.17, 15) is 4.79 Å². The van der Waals surface area contributed by atoms with E-state index in [1.807, 2.05) is 19.1 Å². The second kappa shape index (κ2) is 7.40. The molecule has 0 spiro atoms. The van der Waals surface area contributed by atoms with Crippen molar-refractivity contribution >= 4 is 17.2 Å². The number of carbonyl (C=O) groups is 1. The molecule has 0 bridgehead atoms. The van der Waals surface area contributed by atoms with Crippen molar-refractivity contribution in [1.82, 2.24) is 10.3 Å². The monoisotopic (exact) mass is 358 g/mol. The number of carbonyl (C=O) groups excluding carboxylic acids is 1. The van der Waals surface area contributed by atoms with Crippen molar-refractivity contribution in [2.45, 2.75) is 13.5 Å². The number of furan rings is 1. The third-order valence-corrected chi connectivity index (χ3v) is 4.86. The van der Waals surface area contributed by atoms with E-state index in [1.165, 1.54) is 25.6 Å². The Morgan fingerprint density at radius 1 is 1.20 bits per heavy atom. The number of benzene rings is 1. The maximum absolute atomic E-state index is 12.6. The summed E-state index contributed by atoms with van der Waals surface area (Å²) in [5.41, 5.74) is 1.24. The molecule has 3 rings (SSSR count). The van der Waals surface area contributed by atoms with E-state index in [0.29, 0.717) is 23.6 Å². The van der Waals surface area contributed by atoms with Gasteiger partial charge >= 0.3 is 0 Å². The standard InChI is InChI=1S/C18H18N2O4S/c1-11-15(25-18(20-11)14-8-5-9-24-14)10-19-17(21)16-12(22-2)6-4-7-13(16)23-3/h4-9H,10H2,1-3H3,(H,19,21). The van der Waals surface area contributed by atoms with Crippen LogP contribution in [0, 0.1) is 6.92 Å². The average molecular weight is 358 g/mol. The molecule has 7 heteroatoms. The van der Waals surface area contributed by atoms with Gasteiger partial charge in [-0.3, -0.25) is 4.79 Å². The summed E-state index contributed by atoms with van der Waals surface area (Å²) in [6.45, 7) is 2.28. The van der Waals surface area contributed by atoms with Gasteiger partial charge in [0.05, 0.1) is 32.7 Å². The third kappa shape index (κ3) is 3.51. The topological polar surface area (TPSA) is 73.6 Å². The minimum absolute atomic E-state index is 0.262. The molecular formula is C18H18N2O4S. The van der Waals surface area contributed by atoms with Crippen LogP contribution in [0.15, 0.2) is 41.0 Å². The van der Waals surface area contributed by atoms with Crippen LogP contribution in [0.1, 0.15) is 20.9 Å². The normalized spacial score (nSPS) is 10.5. The van der Waals surface area contributed by atoms with E-state index in [0.717, 1.165) is 21.3 Å². The van der Waals surface area contributed by atoms with Gasteiger partial charge < -0.3 is 19.2 Å². The van der Waals surface area contributed by atoms with Gasteiger partial charge in [-0.2, -0.15) is 0 Å². The smallest absolute Gasteiger partial charge is 0.259 e. The second-order valence-electron chi connectivity index (χ2n) is 5.23. The fraction of sp³-hybridized carbons (Fsp3) is 0.222. The van der Waals surface area contributed by atoms with E-state index in [-0.39, 0.29) is 5.91 Å². The highest BCUT2D eigenvalue weighted by Gasteiger charge is 2.19. The number of hydrogen-bond acceptors (Lipinski definition) is 6. The van der Waals surface area contributed by atoms with Crippen LogP contribution in [0.4, 0.5) is 0 Å². The Hall–Kier alpha value is -2.80. The van der Waals surface area contributed by atoms with Crippen LogP contribution >= 0.6 is 11.3 Å². The molecule has 2 aromatic heterocycles. The first-order valence-corrected chi connectivity index (χ1v) is 8.45. The van der Waals surface area contributed by atoms with Crippen molar-refractivity contribution in [1.29, 1.82) is 0 Å². The van der Waals surface area contributed by atoms with Crippen molar-refractivity contribution in [2.24, 2.45) is 0 Å². The molecule has 0 saturated carbocycles. The maximum Gasteiger partial charge on any atom is 0.259 e. The molecule has 25 heavy (non-hydrogen) atoms. The second-order valence-corrected chi connectivity index (χ2v) is 6.31. The van der Waals surface area contributed by atoms with Crippen LogP contribution in [-0.4, -0.2) is 25.1 Å². The number of rotatable bonds is 6. The van der Waals surface area contributed by atoms with Gasteiger partial charge in [-0.1, -0.05) is 6.07 Å². The predicted molar refractivity (Wildman–Crippen MR) is 95.3 cm³/mol. The molecule has 0 aliphatic rings. The van der Waals surface area contributed by atoms with Crippen molar-refractivity contribution in [3.8, 4) is 22.3 Å². The number of amides is 1. The summed E-state index contributed by atoms with van der Waals surface area (Å²) in [5, 5.41) is 3.70. The molecule has 2 heterocycles. The number of ether oxygens (including phenoxy) is 2. The Morgan fingerprint density at radius 2 is 1.92 bits per heavy atom. The SMILES string of the molecule is COc1cccc(OC)c1C(=O)NCc1sc(-c2ccco2)nc1C. The molecule has 3 aromatic rings. The van der Waals surface area contributed by atoms with E-state index in [4.69, 9.17) is 13.9 Å². The molecule has 0 aliphatic carbocycles. The molecule has 0 atom stereocenters. The summed E-state index contributed by atoms with van der Waals surface area (Å²) >= 11 is 1.49. The van der Waals surface area contributed by atoms with Crippen molar-refractivity contribution < 1.29 is 18.7 Å². The van der Waals surface area contributed by atoms with E-state index < -0.39 is 0 Å². The number of thiazole rings is 1. The lowest BCUT2D eigenvalue weighted by molar-refractivity contribution is 0.0945. The van der Waals surface area contributed by atoms with Gasteiger partial charge in [0.1, 0.15) is 17.1 Å². The zero-order valence-electron chi connectivity index (χ0n) is 14.2. The fourth-order valence-corrected chi connectivity index (χ4v) is 3.39. The minimum atomic E-state index is -0.262. The number of methoxy groups -OCH3 is 2. The lowest BCUT2D eigenvalue weighted by atomic mass is 10.1. The number of nitrogens with one attached hydrogen (secondary N) is 1. The van der Waals surface area contributed by atoms with Crippen molar-refractivity contribution in [2.75, 3.05) is 14.2 Å². The Bertz CT molecular complexity index is 849. The van der Waals surface area contributed by atoms with Crippen LogP contribution < -0.4 is 14.8 Å². The molecule has 0 fully saturated rings. The summed E-state index contributed by atoms with van der Waals surface area (Å²) in [4.78, 5) is 18.1. The van der Waals surface area contributed by atoms with Crippen molar-refractivity contribution in [3.05, 3.63) is 52.7 Å². The first kappa shape index (κ1) is 17.0. The molecule has 1 amide bonds. The number of nitrogens with zero attached hydrogens (tertiary/aromatic N) is 1. The first-order valence-electron chi connectivity index (χ1n) is 7.63. The van der Waals surface area contributed by atoms with Gasteiger partial charge in [0, 0.05) is 4.88 Å². The Morgan fingerprint density at radius 3 is 2.52 bits per heavy atom.